The van der Waals surface area contributed by atoms with E-state index in [1.807, 2.05) is 63.2 Å². The molecule has 2 rings (SSSR count). The molecule has 0 saturated heterocycles. The van der Waals surface area contributed by atoms with Crippen LogP contribution in [0.2, 0.25) is 0 Å². The zero-order valence-electron chi connectivity index (χ0n) is 12.3. The van der Waals surface area contributed by atoms with Crippen molar-refractivity contribution in [3.8, 4) is 0 Å². The minimum Gasteiger partial charge on any atom is -0.323 e. The van der Waals surface area contributed by atoms with Crippen molar-refractivity contribution in [3.05, 3.63) is 70.8 Å². The molecule has 2 N–H and O–H groups in total. The number of Topliss-reactive ketones (excluding diaryl/α,β-unsaturated/α-hetero) is 1. The van der Waals surface area contributed by atoms with Crippen LogP contribution in [0.3, 0.4) is 0 Å². The van der Waals surface area contributed by atoms with Crippen LogP contribution >= 0.6 is 0 Å². The number of carbonyl (C=O) groups is 1. The summed E-state index contributed by atoms with van der Waals surface area (Å²) in [7, 11) is 0. The average Bonchev–Trinajstić information content (AvgIpc) is 2.45. The molecular formula is C18H21NO. The van der Waals surface area contributed by atoms with Crippen molar-refractivity contribution >= 4 is 5.78 Å². The van der Waals surface area contributed by atoms with E-state index in [4.69, 9.17) is 5.73 Å². The molecule has 0 heterocycles. The average molecular weight is 267 g/mol. The maximum Gasteiger partial charge on any atom is 0.167 e. The molecule has 0 radical (unpaired) electrons. The van der Waals surface area contributed by atoms with Crippen LogP contribution in [0.1, 0.15) is 40.0 Å². The molecule has 0 bridgehead atoms. The Morgan fingerprint density at radius 2 is 1.55 bits per heavy atom. The number of aryl methyl sites for hydroxylation is 2. The molecule has 0 aromatic heterocycles. The van der Waals surface area contributed by atoms with E-state index in [1.54, 1.807) is 0 Å². The van der Waals surface area contributed by atoms with Gasteiger partial charge in [0, 0.05) is 17.5 Å². The van der Waals surface area contributed by atoms with Crippen molar-refractivity contribution in [1.29, 1.82) is 0 Å². The van der Waals surface area contributed by atoms with Crippen LogP contribution in [-0.4, -0.2) is 5.78 Å². The van der Waals surface area contributed by atoms with E-state index in [9.17, 15) is 4.79 Å². The molecule has 2 aromatic rings. The highest BCUT2D eigenvalue weighted by atomic mass is 16.1. The normalized spacial score (nSPS) is 13.8. The van der Waals surface area contributed by atoms with E-state index in [0.29, 0.717) is 0 Å². The zero-order valence-corrected chi connectivity index (χ0v) is 12.3. The second-order valence-electron chi connectivity index (χ2n) is 5.47. The standard InChI is InChI=1S/C18H21NO/c1-12-9-13(2)11-16(10-12)18(20)14(3)17(19)15-7-5-4-6-8-15/h4-11,14,17H,19H2,1-3H3. The maximum absolute atomic E-state index is 12.6. The lowest BCUT2D eigenvalue weighted by Crippen LogP contribution is -2.26. The molecule has 2 heteroatoms. The van der Waals surface area contributed by atoms with Crippen LogP contribution in [0, 0.1) is 19.8 Å². The van der Waals surface area contributed by atoms with E-state index < -0.39 is 0 Å². The minimum atomic E-state index is -0.274. The fourth-order valence-corrected chi connectivity index (χ4v) is 2.51. The van der Waals surface area contributed by atoms with Crippen molar-refractivity contribution in [2.45, 2.75) is 26.8 Å². The Morgan fingerprint density at radius 3 is 2.10 bits per heavy atom. The van der Waals surface area contributed by atoms with E-state index in [2.05, 4.69) is 6.07 Å². The Morgan fingerprint density at radius 1 is 1.00 bits per heavy atom. The Labute approximate surface area is 120 Å². The molecule has 0 aliphatic carbocycles. The lowest BCUT2D eigenvalue weighted by Gasteiger charge is -2.19. The van der Waals surface area contributed by atoms with E-state index >= 15 is 0 Å². The highest BCUT2D eigenvalue weighted by Crippen LogP contribution is 2.23. The highest BCUT2D eigenvalue weighted by molar-refractivity contribution is 5.98. The molecule has 2 aromatic carbocycles. The molecule has 0 aliphatic heterocycles. The van der Waals surface area contributed by atoms with Gasteiger partial charge in [-0.05, 0) is 31.5 Å². The van der Waals surface area contributed by atoms with E-state index in [1.165, 1.54) is 0 Å². The molecule has 0 spiro atoms. The maximum atomic E-state index is 12.6. The fraction of sp³-hybridized carbons (Fsp3) is 0.278. The van der Waals surface area contributed by atoms with Crippen LogP contribution in [0.5, 0.6) is 0 Å². The van der Waals surface area contributed by atoms with Gasteiger partial charge in [-0.15, -0.1) is 0 Å². The summed E-state index contributed by atoms with van der Waals surface area (Å²) in [5.74, 6) is -0.133. The summed E-state index contributed by atoms with van der Waals surface area (Å²) in [6, 6.07) is 15.4. The molecule has 2 unspecified atom stereocenters. The summed E-state index contributed by atoms with van der Waals surface area (Å²) < 4.78 is 0. The molecule has 20 heavy (non-hydrogen) atoms. The van der Waals surface area contributed by atoms with E-state index in [0.717, 1.165) is 22.3 Å². The number of rotatable bonds is 4. The van der Waals surface area contributed by atoms with Gasteiger partial charge in [-0.2, -0.15) is 0 Å². The summed E-state index contributed by atoms with van der Waals surface area (Å²) in [4.78, 5) is 12.6. The van der Waals surface area contributed by atoms with Gasteiger partial charge in [0.05, 0.1) is 0 Å². The van der Waals surface area contributed by atoms with Crippen molar-refractivity contribution in [1.82, 2.24) is 0 Å². The molecular weight excluding hydrogens is 246 g/mol. The second-order valence-corrected chi connectivity index (χ2v) is 5.47. The predicted octanol–water partition coefficient (Wildman–Crippen LogP) is 3.82. The van der Waals surface area contributed by atoms with Crippen molar-refractivity contribution in [2.24, 2.45) is 11.7 Å². The van der Waals surface area contributed by atoms with Gasteiger partial charge < -0.3 is 5.73 Å². The first-order valence-corrected chi connectivity index (χ1v) is 6.92. The Balaban J connectivity index is 2.24. The van der Waals surface area contributed by atoms with Gasteiger partial charge in [-0.25, -0.2) is 0 Å². The zero-order chi connectivity index (χ0) is 14.7. The fourth-order valence-electron chi connectivity index (χ4n) is 2.51. The quantitative estimate of drug-likeness (QED) is 0.856. The number of benzene rings is 2. The molecule has 0 amide bonds. The molecule has 104 valence electrons. The number of carbonyl (C=O) groups excluding carboxylic acids is 1. The first-order chi connectivity index (χ1) is 9.49. The van der Waals surface area contributed by atoms with Gasteiger partial charge in [-0.1, -0.05) is 54.4 Å². The number of ketones is 1. The van der Waals surface area contributed by atoms with Crippen LogP contribution < -0.4 is 5.73 Å². The van der Waals surface area contributed by atoms with E-state index in [-0.39, 0.29) is 17.7 Å². The summed E-state index contributed by atoms with van der Waals surface area (Å²) in [6.07, 6.45) is 0. The molecule has 0 saturated carbocycles. The van der Waals surface area contributed by atoms with Crippen molar-refractivity contribution in [2.75, 3.05) is 0 Å². The lowest BCUT2D eigenvalue weighted by molar-refractivity contribution is 0.0912. The summed E-state index contributed by atoms with van der Waals surface area (Å²) in [5, 5.41) is 0. The van der Waals surface area contributed by atoms with Crippen LogP contribution in [0.4, 0.5) is 0 Å². The second kappa shape index (κ2) is 6.02. The van der Waals surface area contributed by atoms with Gasteiger partial charge in [0.1, 0.15) is 0 Å². The van der Waals surface area contributed by atoms with Gasteiger partial charge in [0.25, 0.3) is 0 Å². The number of hydrogen-bond donors (Lipinski definition) is 1. The van der Waals surface area contributed by atoms with Crippen LogP contribution in [-0.2, 0) is 0 Å². The molecule has 0 fully saturated rings. The Bertz CT molecular complexity index is 584. The molecule has 0 aliphatic rings. The molecule has 2 atom stereocenters. The third kappa shape index (κ3) is 3.14. The third-order valence-electron chi connectivity index (χ3n) is 3.64. The summed E-state index contributed by atoms with van der Waals surface area (Å²) in [5.41, 5.74) is 10.2. The topological polar surface area (TPSA) is 43.1 Å². The lowest BCUT2D eigenvalue weighted by atomic mass is 9.88. The summed E-state index contributed by atoms with van der Waals surface area (Å²) in [6.45, 7) is 5.91. The van der Waals surface area contributed by atoms with Gasteiger partial charge in [-0.3, -0.25) is 4.79 Å². The predicted molar refractivity (Wildman–Crippen MR) is 82.8 cm³/mol. The van der Waals surface area contributed by atoms with Crippen LogP contribution in [0.25, 0.3) is 0 Å². The van der Waals surface area contributed by atoms with Gasteiger partial charge >= 0.3 is 0 Å². The monoisotopic (exact) mass is 267 g/mol. The first-order valence-electron chi connectivity index (χ1n) is 6.92. The van der Waals surface area contributed by atoms with Crippen molar-refractivity contribution < 1.29 is 4.79 Å². The SMILES string of the molecule is Cc1cc(C)cc(C(=O)C(C)C(N)c2ccccc2)c1. The summed E-state index contributed by atoms with van der Waals surface area (Å²) >= 11 is 0. The molecule has 2 nitrogen and oxygen atoms in total. The number of hydrogen-bond acceptors (Lipinski definition) is 2. The van der Waals surface area contributed by atoms with Crippen molar-refractivity contribution in [3.63, 3.8) is 0 Å². The highest BCUT2D eigenvalue weighted by Gasteiger charge is 2.23. The van der Waals surface area contributed by atoms with Gasteiger partial charge in [0.15, 0.2) is 5.78 Å². The number of nitrogens with two attached hydrogens (primary N) is 1. The first kappa shape index (κ1) is 14.5. The minimum absolute atomic E-state index is 0.105. The van der Waals surface area contributed by atoms with Gasteiger partial charge in [0.2, 0.25) is 0 Å². The third-order valence-corrected chi connectivity index (χ3v) is 3.64. The smallest absolute Gasteiger partial charge is 0.167 e. The Kier molecular flexibility index (Phi) is 4.35. The Hall–Kier alpha value is -1.93. The largest absolute Gasteiger partial charge is 0.323 e. The van der Waals surface area contributed by atoms with Crippen LogP contribution in [0.15, 0.2) is 48.5 Å².